The highest BCUT2D eigenvalue weighted by molar-refractivity contribution is 9.10. The Morgan fingerprint density at radius 2 is 2.37 bits per heavy atom. The second kappa shape index (κ2) is 7.24. The molecule has 0 aliphatic carbocycles. The highest BCUT2D eigenvalue weighted by atomic mass is 79.9. The van der Waals surface area contributed by atoms with Gasteiger partial charge in [0.05, 0.1) is 19.8 Å². The largest absolute Gasteiger partial charge is 0.496 e. The summed E-state index contributed by atoms with van der Waals surface area (Å²) in [6.45, 7) is 4.46. The maximum Gasteiger partial charge on any atom is 0.123 e. The molecule has 1 aromatic rings. The zero-order valence-corrected chi connectivity index (χ0v) is 13.1. The molecule has 1 aliphatic rings. The topological polar surface area (TPSA) is 33.7 Å². The van der Waals surface area contributed by atoms with Crippen LogP contribution >= 0.6 is 15.9 Å². The molecule has 1 aromatic carbocycles. The maximum atomic E-state index is 5.72. The van der Waals surface area contributed by atoms with E-state index in [0.717, 1.165) is 43.0 Å². The Bertz CT molecular complexity index is 408. The van der Waals surface area contributed by atoms with Crippen LogP contribution in [0.15, 0.2) is 22.7 Å². The molecular weight excluding hydrogens is 308 g/mol. The van der Waals surface area contributed by atoms with Crippen molar-refractivity contribution < 1.29 is 9.47 Å². The van der Waals surface area contributed by atoms with E-state index in [2.05, 4.69) is 39.3 Å². The van der Waals surface area contributed by atoms with Crippen molar-refractivity contribution in [1.29, 1.82) is 0 Å². The van der Waals surface area contributed by atoms with Gasteiger partial charge < -0.3 is 14.8 Å². The van der Waals surface area contributed by atoms with Gasteiger partial charge in [-0.2, -0.15) is 0 Å². The third-order valence-electron chi connectivity index (χ3n) is 3.20. The molecule has 1 N–H and O–H groups in total. The number of rotatable bonds is 5. The molecule has 2 rings (SSSR count). The molecule has 1 heterocycles. The quantitative estimate of drug-likeness (QED) is 0.894. The number of nitrogens with one attached hydrogen (secondary N) is 1. The smallest absolute Gasteiger partial charge is 0.123 e. The fourth-order valence-corrected chi connectivity index (χ4v) is 2.72. The van der Waals surface area contributed by atoms with Crippen LogP contribution in [-0.2, 0) is 11.3 Å². The van der Waals surface area contributed by atoms with E-state index < -0.39 is 0 Å². The van der Waals surface area contributed by atoms with Crippen molar-refractivity contribution in [2.45, 2.75) is 12.6 Å². The molecule has 0 bridgehead atoms. The van der Waals surface area contributed by atoms with Crippen LogP contribution in [0.4, 0.5) is 0 Å². The van der Waals surface area contributed by atoms with E-state index in [1.54, 1.807) is 7.11 Å². The van der Waals surface area contributed by atoms with E-state index in [0.29, 0.717) is 0 Å². The van der Waals surface area contributed by atoms with Gasteiger partial charge in [-0.1, -0.05) is 15.9 Å². The molecule has 1 saturated heterocycles. The van der Waals surface area contributed by atoms with Crippen LogP contribution in [0.2, 0.25) is 0 Å². The molecule has 0 amide bonds. The molecule has 19 heavy (non-hydrogen) atoms. The molecule has 1 fully saturated rings. The summed E-state index contributed by atoms with van der Waals surface area (Å²) in [5.74, 6) is 0.928. The minimum atomic E-state index is 0.275. The van der Waals surface area contributed by atoms with E-state index in [1.165, 1.54) is 5.56 Å². The lowest BCUT2D eigenvalue weighted by Gasteiger charge is -2.28. The summed E-state index contributed by atoms with van der Waals surface area (Å²) in [5, 5.41) is 3.35. The summed E-state index contributed by atoms with van der Waals surface area (Å²) in [5.41, 5.74) is 1.18. The first-order valence-corrected chi connectivity index (χ1v) is 7.31. The van der Waals surface area contributed by atoms with Gasteiger partial charge in [-0.25, -0.2) is 0 Å². The predicted molar refractivity (Wildman–Crippen MR) is 79.6 cm³/mol. The predicted octanol–water partition coefficient (Wildman–Crippen LogP) is 1.88. The summed E-state index contributed by atoms with van der Waals surface area (Å²) >= 11 is 3.51. The van der Waals surface area contributed by atoms with Crippen molar-refractivity contribution in [3.63, 3.8) is 0 Å². The van der Waals surface area contributed by atoms with Gasteiger partial charge in [0, 0.05) is 36.2 Å². The molecule has 1 unspecified atom stereocenters. The number of hydrogen-bond donors (Lipinski definition) is 1. The number of nitrogens with zero attached hydrogens (tertiary/aromatic N) is 1. The fraction of sp³-hybridized carbons (Fsp3) is 0.571. The van der Waals surface area contributed by atoms with Crippen LogP contribution < -0.4 is 10.1 Å². The van der Waals surface area contributed by atoms with Crippen molar-refractivity contribution >= 4 is 15.9 Å². The summed E-state index contributed by atoms with van der Waals surface area (Å²) < 4.78 is 12.2. The molecule has 5 heteroatoms. The normalized spacial score (nSPS) is 19.7. The number of methoxy groups -OCH3 is 1. The van der Waals surface area contributed by atoms with E-state index in [4.69, 9.17) is 9.47 Å². The molecule has 4 nitrogen and oxygen atoms in total. The van der Waals surface area contributed by atoms with E-state index in [-0.39, 0.29) is 6.10 Å². The summed E-state index contributed by atoms with van der Waals surface area (Å²) in [6, 6.07) is 6.09. The lowest BCUT2D eigenvalue weighted by atomic mass is 10.2. The number of benzene rings is 1. The van der Waals surface area contributed by atoms with Gasteiger partial charge >= 0.3 is 0 Å². The van der Waals surface area contributed by atoms with Crippen LogP contribution in [0.3, 0.4) is 0 Å². The number of ether oxygens (including phenoxy) is 2. The fourth-order valence-electron chi connectivity index (χ4n) is 2.31. The Morgan fingerprint density at radius 3 is 3.05 bits per heavy atom. The highest BCUT2D eigenvalue weighted by Crippen LogP contribution is 2.24. The molecule has 0 radical (unpaired) electrons. The van der Waals surface area contributed by atoms with Gasteiger partial charge in [-0.3, -0.25) is 4.90 Å². The first kappa shape index (κ1) is 14.8. The van der Waals surface area contributed by atoms with Gasteiger partial charge in [0.15, 0.2) is 0 Å². The van der Waals surface area contributed by atoms with Crippen LogP contribution in [0.1, 0.15) is 5.56 Å². The molecule has 1 atom stereocenters. The third kappa shape index (κ3) is 4.45. The minimum absolute atomic E-state index is 0.275. The van der Waals surface area contributed by atoms with Crippen LogP contribution in [0.5, 0.6) is 5.75 Å². The molecule has 0 aromatic heterocycles. The SMILES string of the molecule is COc1ccc(Br)cc1CN(C)CC1CNCCO1. The first-order valence-electron chi connectivity index (χ1n) is 6.52. The number of halogens is 1. The summed E-state index contributed by atoms with van der Waals surface area (Å²) in [4.78, 5) is 2.27. The average molecular weight is 329 g/mol. The second-order valence-corrected chi connectivity index (χ2v) is 5.77. The van der Waals surface area contributed by atoms with Crippen molar-refractivity contribution in [1.82, 2.24) is 10.2 Å². The van der Waals surface area contributed by atoms with Crippen molar-refractivity contribution in [3.8, 4) is 5.75 Å². The van der Waals surface area contributed by atoms with Gasteiger partial charge in [-0.15, -0.1) is 0 Å². The minimum Gasteiger partial charge on any atom is -0.496 e. The molecule has 0 spiro atoms. The van der Waals surface area contributed by atoms with Crippen LogP contribution in [0, 0.1) is 0 Å². The van der Waals surface area contributed by atoms with Gasteiger partial charge in [-0.05, 0) is 25.2 Å². The van der Waals surface area contributed by atoms with E-state index in [9.17, 15) is 0 Å². The number of morpholine rings is 1. The zero-order valence-electron chi connectivity index (χ0n) is 11.5. The lowest BCUT2D eigenvalue weighted by molar-refractivity contribution is 0.00875. The van der Waals surface area contributed by atoms with Crippen molar-refractivity contribution in [2.24, 2.45) is 0 Å². The molecule has 1 aliphatic heterocycles. The molecule has 0 saturated carbocycles. The van der Waals surface area contributed by atoms with Crippen molar-refractivity contribution in [2.75, 3.05) is 40.4 Å². The van der Waals surface area contributed by atoms with Crippen LogP contribution in [0.25, 0.3) is 0 Å². The third-order valence-corrected chi connectivity index (χ3v) is 3.70. The summed E-state index contributed by atoms with van der Waals surface area (Å²) in [6.07, 6.45) is 0.275. The molecule has 106 valence electrons. The van der Waals surface area contributed by atoms with Gasteiger partial charge in [0.1, 0.15) is 5.75 Å². The Morgan fingerprint density at radius 1 is 1.53 bits per heavy atom. The lowest BCUT2D eigenvalue weighted by Crippen LogP contribution is -2.44. The molecular formula is C14H21BrN2O2. The summed E-state index contributed by atoms with van der Waals surface area (Å²) in [7, 11) is 3.82. The second-order valence-electron chi connectivity index (χ2n) is 4.85. The zero-order chi connectivity index (χ0) is 13.7. The van der Waals surface area contributed by atoms with Gasteiger partial charge in [0.25, 0.3) is 0 Å². The Kier molecular flexibility index (Phi) is 5.63. The van der Waals surface area contributed by atoms with E-state index in [1.807, 2.05) is 12.1 Å². The Balaban J connectivity index is 1.93. The Hall–Kier alpha value is -0.620. The monoisotopic (exact) mass is 328 g/mol. The number of likely N-dealkylation sites (N-methyl/N-ethyl adjacent to an activating group) is 1. The maximum absolute atomic E-state index is 5.72. The van der Waals surface area contributed by atoms with Gasteiger partial charge in [0.2, 0.25) is 0 Å². The van der Waals surface area contributed by atoms with Crippen LogP contribution in [-0.4, -0.2) is 51.4 Å². The highest BCUT2D eigenvalue weighted by Gasteiger charge is 2.16. The average Bonchev–Trinajstić information content (AvgIpc) is 2.40. The standard InChI is InChI=1S/C14H21BrN2O2/c1-17(10-13-8-16-5-6-19-13)9-11-7-12(15)3-4-14(11)18-2/h3-4,7,13,16H,5-6,8-10H2,1-2H3. The Labute approximate surface area is 123 Å². The number of hydrogen-bond acceptors (Lipinski definition) is 4. The van der Waals surface area contributed by atoms with Crippen molar-refractivity contribution in [3.05, 3.63) is 28.2 Å². The first-order chi connectivity index (χ1) is 9.19. The van der Waals surface area contributed by atoms with E-state index >= 15 is 0 Å².